The van der Waals surface area contributed by atoms with E-state index in [1.807, 2.05) is 42.8 Å². The third-order valence-electron chi connectivity index (χ3n) is 6.35. The number of hydrogen-bond donors (Lipinski definition) is 0. The second kappa shape index (κ2) is 9.68. The first kappa shape index (κ1) is 24.5. The van der Waals surface area contributed by atoms with Crippen LogP contribution in [0.25, 0.3) is 16.7 Å². The Balaban J connectivity index is 1.47. The zero-order valence-electron chi connectivity index (χ0n) is 20.3. The minimum atomic E-state index is -3.60. The summed E-state index contributed by atoms with van der Waals surface area (Å²) in [6, 6.07) is 13.9. The van der Waals surface area contributed by atoms with Crippen LogP contribution in [0.5, 0.6) is 5.75 Å². The van der Waals surface area contributed by atoms with Gasteiger partial charge in [-0.1, -0.05) is 18.5 Å². The van der Waals surface area contributed by atoms with Crippen LogP contribution in [-0.2, 0) is 16.4 Å². The Bertz CT molecular complexity index is 1500. The molecule has 4 aromatic rings. The highest BCUT2D eigenvalue weighted by atomic mass is 35.5. The van der Waals surface area contributed by atoms with E-state index in [4.69, 9.17) is 31.4 Å². The number of anilines is 1. The lowest BCUT2D eigenvalue weighted by atomic mass is 10.2. The molecule has 5 rings (SSSR count). The van der Waals surface area contributed by atoms with Gasteiger partial charge in [-0.15, -0.1) is 0 Å². The summed E-state index contributed by atoms with van der Waals surface area (Å²) in [6.07, 6.45) is 0.667. The zero-order valence-corrected chi connectivity index (χ0v) is 21.9. The van der Waals surface area contributed by atoms with Crippen molar-refractivity contribution in [3.05, 3.63) is 65.1 Å². The molecule has 3 heterocycles. The van der Waals surface area contributed by atoms with Gasteiger partial charge in [-0.05, 0) is 55.5 Å². The van der Waals surface area contributed by atoms with Gasteiger partial charge in [0.2, 0.25) is 10.0 Å². The Labute approximate surface area is 215 Å². The molecule has 0 saturated carbocycles. The Hall–Kier alpha value is -3.21. The number of benzene rings is 2. The second-order valence-corrected chi connectivity index (χ2v) is 10.9. The predicted molar refractivity (Wildman–Crippen MR) is 140 cm³/mol. The summed E-state index contributed by atoms with van der Waals surface area (Å²) in [5.41, 5.74) is 2.42. The van der Waals surface area contributed by atoms with E-state index in [9.17, 15) is 8.42 Å². The molecule has 2 aromatic carbocycles. The maximum absolute atomic E-state index is 13.1. The molecule has 36 heavy (non-hydrogen) atoms. The number of aryl methyl sites for hydroxylation is 2. The number of ether oxygens (including phenoxy) is 1. The van der Waals surface area contributed by atoms with Crippen LogP contribution in [0.4, 0.5) is 5.82 Å². The van der Waals surface area contributed by atoms with Crippen molar-refractivity contribution in [2.24, 2.45) is 0 Å². The van der Waals surface area contributed by atoms with E-state index >= 15 is 0 Å². The van der Waals surface area contributed by atoms with Gasteiger partial charge in [0.1, 0.15) is 17.4 Å². The molecule has 1 aliphatic rings. The van der Waals surface area contributed by atoms with Crippen LogP contribution in [0.2, 0.25) is 5.02 Å². The molecule has 0 bridgehead atoms. The smallest absolute Gasteiger partial charge is 0.243 e. The van der Waals surface area contributed by atoms with Crippen molar-refractivity contribution < 1.29 is 13.2 Å². The normalized spacial score (nSPS) is 14.9. The highest BCUT2D eigenvalue weighted by Crippen LogP contribution is 2.31. The Morgan fingerprint density at radius 2 is 1.64 bits per heavy atom. The Kier molecular flexibility index (Phi) is 6.59. The van der Waals surface area contributed by atoms with Gasteiger partial charge in [-0.25, -0.2) is 23.1 Å². The highest BCUT2D eigenvalue weighted by molar-refractivity contribution is 7.89. The summed E-state index contributed by atoms with van der Waals surface area (Å²) in [4.78, 5) is 12.0. The summed E-state index contributed by atoms with van der Waals surface area (Å²) in [7, 11) is -1.96. The quantitative estimate of drug-likeness (QED) is 0.376. The molecule has 0 radical (unpaired) electrons. The minimum absolute atomic E-state index is 0.245. The van der Waals surface area contributed by atoms with Crippen LogP contribution < -0.4 is 9.64 Å². The summed E-state index contributed by atoms with van der Waals surface area (Å²) in [6.45, 7) is 5.68. The van der Waals surface area contributed by atoms with E-state index in [1.165, 1.54) is 4.31 Å². The first-order valence-corrected chi connectivity index (χ1v) is 13.5. The van der Waals surface area contributed by atoms with Crippen LogP contribution >= 0.6 is 11.6 Å². The number of piperazine rings is 1. The third kappa shape index (κ3) is 4.40. The third-order valence-corrected chi connectivity index (χ3v) is 8.52. The van der Waals surface area contributed by atoms with Crippen LogP contribution in [-0.4, -0.2) is 65.8 Å². The molecule has 1 saturated heterocycles. The number of fused-ring (bicyclic) bond motifs is 1. The number of methoxy groups -OCH3 is 1. The monoisotopic (exact) mass is 526 g/mol. The lowest BCUT2D eigenvalue weighted by Gasteiger charge is -2.35. The maximum Gasteiger partial charge on any atom is 0.243 e. The average Bonchev–Trinajstić information content (AvgIpc) is 3.24. The molecule has 9 nitrogen and oxygen atoms in total. The van der Waals surface area contributed by atoms with Gasteiger partial charge in [0.15, 0.2) is 5.65 Å². The molecule has 2 aromatic heterocycles. The summed E-state index contributed by atoms with van der Waals surface area (Å²) in [5.74, 6) is 2.27. The highest BCUT2D eigenvalue weighted by Gasteiger charge is 2.30. The van der Waals surface area contributed by atoms with Crippen molar-refractivity contribution in [1.82, 2.24) is 24.1 Å². The fourth-order valence-corrected chi connectivity index (χ4v) is 5.94. The summed E-state index contributed by atoms with van der Waals surface area (Å²) in [5, 5.41) is 6.15. The summed E-state index contributed by atoms with van der Waals surface area (Å²) >= 11 is 5.93. The topological polar surface area (TPSA) is 93.5 Å². The minimum Gasteiger partial charge on any atom is -0.497 e. The molecule has 1 fully saturated rings. The number of sulfonamides is 1. The van der Waals surface area contributed by atoms with Gasteiger partial charge < -0.3 is 9.64 Å². The van der Waals surface area contributed by atoms with E-state index < -0.39 is 10.0 Å². The molecule has 0 atom stereocenters. The molecule has 11 heteroatoms. The lowest BCUT2D eigenvalue weighted by molar-refractivity contribution is 0.384. The number of rotatable bonds is 6. The van der Waals surface area contributed by atoms with E-state index in [-0.39, 0.29) is 4.90 Å². The van der Waals surface area contributed by atoms with Gasteiger partial charge >= 0.3 is 0 Å². The van der Waals surface area contributed by atoms with Gasteiger partial charge in [-0.2, -0.15) is 9.40 Å². The molecule has 0 spiro atoms. The average molecular weight is 527 g/mol. The molecular weight excluding hydrogens is 500 g/mol. The van der Waals surface area contributed by atoms with Gasteiger partial charge in [0, 0.05) is 37.6 Å². The first-order chi connectivity index (χ1) is 17.3. The van der Waals surface area contributed by atoms with E-state index in [0.717, 1.165) is 34.0 Å². The van der Waals surface area contributed by atoms with E-state index in [0.29, 0.717) is 43.4 Å². The first-order valence-electron chi connectivity index (χ1n) is 11.7. The van der Waals surface area contributed by atoms with Crippen LogP contribution in [0, 0.1) is 6.92 Å². The largest absolute Gasteiger partial charge is 0.497 e. The molecule has 1 aliphatic heterocycles. The molecule has 0 amide bonds. The van der Waals surface area contributed by atoms with E-state index in [1.54, 1.807) is 31.4 Å². The number of hydrogen-bond acceptors (Lipinski definition) is 7. The lowest BCUT2D eigenvalue weighted by Crippen LogP contribution is -2.49. The molecule has 0 unspecified atom stereocenters. The zero-order chi connectivity index (χ0) is 25.4. The van der Waals surface area contributed by atoms with Gasteiger partial charge in [0.05, 0.1) is 28.8 Å². The Morgan fingerprint density at radius 1 is 0.972 bits per heavy atom. The second-order valence-electron chi connectivity index (χ2n) is 8.56. The fraction of sp³-hybridized carbons (Fsp3) is 0.320. The summed E-state index contributed by atoms with van der Waals surface area (Å²) < 4.78 is 34.9. The van der Waals surface area contributed by atoms with Crippen molar-refractivity contribution in [3.63, 3.8) is 0 Å². The maximum atomic E-state index is 13.1. The van der Waals surface area contributed by atoms with Crippen molar-refractivity contribution in [3.8, 4) is 11.4 Å². The predicted octanol–water partition coefficient (Wildman–Crippen LogP) is 3.86. The van der Waals surface area contributed by atoms with Crippen molar-refractivity contribution >= 4 is 38.5 Å². The van der Waals surface area contributed by atoms with Crippen LogP contribution in [0.1, 0.15) is 18.4 Å². The molecule has 0 aliphatic carbocycles. The number of aromatic nitrogens is 4. The number of halogens is 1. The van der Waals surface area contributed by atoms with Crippen LogP contribution in [0.15, 0.2) is 53.4 Å². The van der Waals surface area contributed by atoms with Crippen molar-refractivity contribution in [1.29, 1.82) is 0 Å². The van der Waals surface area contributed by atoms with Crippen LogP contribution in [0.3, 0.4) is 0 Å². The SMILES string of the molecule is CCc1nc(N2CCN(S(=O)(=O)c3ccc(Cl)cc3)CC2)c2c(C)nn(-c3ccc(OC)cc3)c2n1. The number of nitrogens with zero attached hydrogens (tertiary/aromatic N) is 6. The standard InChI is InChI=1S/C25H27ClN6O3S/c1-4-22-27-24(23-17(2)29-32(25(23)28-22)19-7-9-20(35-3)10-8-19)30-13-15-31(16-14-30)36(33,34)21-11-5-18(26)6-12-21/h5-12H,4,13-16H2,1-3H3. The van der Waals surface area contributed by atoms with E-state index in [2.05, 4.69) is 4.90 Å². The van der Waals surface area contributed by atoms with Crippen molar-refractivity contribution in [2.45, 2.75) is 25.2 Å². The van der Waals surface area contributed by atoms with Gasteiger partial charge in [-0.3, -0.25) is 0 Å². The van der Waals surface area contributed by atoms with Gasteiger partial charge in [0.25, 0.3) is 0 Å². The molecule has 188 valence electrons. The fourth-order valence-electron chi connectivity index (χ4n) is 4.39. The molecule has 0 N–H and O–H groups in total. The Morgan fingerprint density at radius 3 is 2.25 bits per heavy atom. The molecular formula is C25H27ClN6O3S. The van der Waals surface area contributed by atoms with Crippen molar-refractivity contribution in [2.75, 3.05) is 38.2 Å².